The van der Waals surface area contributed by atoms with Crippen LogP contribution in [0.3, 0.4) is 0 Å². The molecule has 0 saturated heterocycles. The molecule has 7 heteroatoms. The monoisotopic (exact) mass is 729 g/mol. The molecule has 3 rings (SSSR count). The summed E-state index contributed by atoms with van der Waals surface area (Å²) in [5.41, 5.74) is 4.93. The van der Waals surface area contributed by atoms with E-state index in [2.05, 4.69) is 121 Å². The highest BCUT2D eigenvalue weighted by Crippen LogP contribution is 2.56. The molecule has 286 valence electrons. The van der Waals surface area contributed by atoms with Gasteiger partial charge in [-0.2, -0.15) is 0 Å². The van der Waals surface area contributed by atoms with Crippen LogP contribution in [0.2, 0.25) is 36.3 Å². The molecule has 3 aliphatic rings. The molecule has 0 heterocycles. The summed E-state index contributed by atoms with van der Waals surface area (Å²) in [7, 11) is -4.60. The van der Waals surface area contributed by atoms with Gasteiger partial charge in [-0.1, -0.05) is 112 Å². The molecule has 4 atom stereocenters. The molecule has 2 saturated carbocycles. The standard InChI is InChI=1S/C43H76O5Si2/c1-19-34-24-25-35-32(21-20-26-42(34,35)14)22-23-33-27-43(48-50(17,18)40(9,10)11,28-36(31(33)2)47-49(15,16)39(6,7)8)45-29-37(44)46-41(12,13)30-38(3,4)5/h22-24,35-36H,2,19-21,25-30H2,1,3-18H3/t35-,36-,42+,43+/m0/s1. The number of hydrogen-bond donors (Lipinski definition) is 0. The molecule has 50 heavy (non-hydrogen) atoms. The average molecular weight is 729 g/mol. The average Bonchev–Trinajstić information content (AvgIpc) is 3.26. The molecule has 0 aliphatic heterocycles. The largest absolute Gasteiger partial charge is 0.458 e. The quantitative estimate of drug-likeness (QED) is 0.0917. The van der Waals surface area contributed by atoms with Crippen molar-refractivity contribution in [1.82, 2.24) is 0 Å². The summed E-state index contributed by atoms with van der Waals surface area (Å²) in [6.07, 6.45) is 14.5. The third-order valence-electron chi connectivity index (χ3n) is 12.6. The zero-order valence-electron chi connectivity index (χ0n) is 35.5. The van der Waals surface area contributed by atoms with E-state index in [0.717, 1.165) is 36.8 Å². The summed E-state index contributed by atoms with van der Waals surface area (Å²) in [4.78, 5) is 13.5. The lowest BCUT2D eigenvalue weighted by Gasteiger charge is -2.51. The maximum absolute atomic E-state index is 13.5. The second kappa shape index (κ2) is 14.9. The second-order valence-corrected chi connectivity index (χ2v) is 30.4. The maximum Gasteiger partial charge on any atom is 0.332 e. The molecule has 0 N–H and O–H groups in total. The number of carbonyl (C=O) groups is 1. The van der Waals surface area contributed by atoms with Gasteiger partial charge in [0, 0.05) is 12.8 Å². The lowest BCUT2D eigenvalue weighted by Crippen LogP contribution is -2.56. The molecule has 0 spiro atoms. The van der Waals surface area contributed by atoms with Crippen LogP contribution in [0.4, 0.5) is 0 Å². The SMILES string of the molecule is C=C1C(=CC=C2CCC[C@]3(C)C(CC)=CC[C@@H]23)C[C@@](OCC(=O)OC(C)(C)CC(C)(C)C)(O[Si](C)(C)C(C)(C)C)C[C@@H]1O[Si](C)(C)C(C)(C)C. The van der Waals surface area contributed by atoms with Crippen LogP contribution in [0.15, 0.2) is 47.1 Å². The van der Waals surface area contributed by atoms with Crippen LogP contribution in [0.1, 0.15) is 141 Å². The summed E-state index contributed by atoms with van der Waals surface area (Å²) < 4.78 is 27.4. The predicted octanol–water partition coefficient (Wildman–Crippen LogP) is 12.6. The first kappa shape index (κ1) is 43.2. The molecule has 2 fully saturated rings. The molecular formula is C43H76O5Si2. The first-order valence-electron chi connectivity index (χ1n) is 19.5. The Morgan fingerprint density at radius 1 is 0.960 bits per heavy atom. The van der Waals surface area contributed by atoms with Gasteiger partial charge in [0.15, 0.2) is 22.4 Å². The van der Waals surface area contributed by atoms with E-state index in [-0.39, 0.29) is 39.6 Å². The second-order valence-electron chi connectivity index (χ2n) is 20.9. The van der Waals surface area contributed by atoms with Gasteiger partial charge in [-0.3, -0.25) is 0 Å². The van der Waals surface area contributed by atoms with Gasteiger partial charge in [0.25, 0.3) is 0 Å². The predicted molar refractivity (Wildman–Crippen MR) is 216 cm³/mol. The third-order valence-corrected chi connectivity index (χ3v) is 21.6. The van der Waals surface area contributed by atoms with Gasteiger partial charge >= 0.3 is 5.97 Å². The summed E-state index contributed by atoms with van der Waals surface area (Å²) in [5, 5.41) is -0.0461. The van der Waals surface area contributed by atoms with Crippen molar-refractivity contribution in [2.24, 2.45) is 16.7 Å². The first-order chi connectivity index (χ1) is 22.5. The van der Waals surface area contributed by atoms with Gasteiger partial charge in [0.1, 0.15) is 12.2 Å². The smallest absolute Gasteiger partial charge is 0.332 e. The molecule has 0 aromatic carbocycles. The Hall–Kier alpha value is -1.26. The van der Waals surface area contributed by atoms with E-state index in [9.17, 15) is 4.79 Å². The van der Waals surface area contributed by atoms with Crippen LogP contribution in [0, 0.1) is 16.7 Å². The van der Waals surface area contributed by atoms with E-state index in [1.165, 1.54) is 18.4 Å². The molecule has 0 unspecified atom stereocenters. The molecule has 0 amide bonds. The Morgan fingerprint density at radius 3 is 2.10 bits per heavy atom. The minimum absolute atomic E-state index is 0.0157. The van der Waals surface area contributed by atoms with E-state index in [1.807, 2.05) is 13.8 Å². The molecule has 0 radical (unpaired) electrons. The summed E-state index contributed by atoms with van der Waals surface area (Å²) >= 11 is 0. The van der Waals surface area contributed by atoms with Crippen LogP contribution >= 0.6 is 0 Å². The van der Waals surface area contributed by atoms with Crippen molar-refractivity contribution >= 4 is 22.6 Å². The van der Waals surface area contributed by atoms with Crippen molar-refractivity contribution in [2.75, 3.05) is 6.61 Å². The fraction of sp³-hybridized carbons (Fsp3) is 0.791. The fourth-order valence-corrected chi connectivity index (χ4v) is 11.0. The van der Waals surface area contributed by atoms with Gasteiger partial charge in [-0.05, 0) is 117 Å². The number of rotatable bonds is 11. The van der Waals surface area contributed by atoms with Crippen molar-refractivity contribution in [1.29, 1.82) is 0 Å². The highest BCUT2D eigenvalue weighted by molar-refractivity contribution is 6.74. The van der Waals surface area contributed by atoms with Gasteiger partial charge in [0.2, 0.25) is 0 Å². The van der Waals surface area contributed by atoms with Gasteiger partial charge in [-0.15, -0.1) is 0 Å². The fourth-order valence-electron chi connectivity index (χ4n) is 8.24. The molecule has 0 aromatic rings. The van der Waals surface area contributed by atoms with Crippen LogP contribution in [-0.4, -0.2) is 46.7 Å². The molecule has 0 bridgehead atoms. The minimum atomic E-state index is -2.39. The molecule has 5 nitrogen and oxygen atoms in total. The van der Waals surface area contributed by atoms with E-state index >= 15 is 0 Å². The Balaban J connectivity index is 2.09. The van der Waals surface area contributed by atoms with Crippen molar-refractivity contribution < 1.29 is 23.1 Å². The normalized spacial score (nSPS) is 29.0. The number of fused-ring (bicyclic) bond motifs is 1. The zero-order valence-corrected chi connectivity index (χ0v) is 37.5. The van der Waals surface area contributed by atoms with Crippen LogP contribution in [0.5, 0.6) is 0 Å². The summed E-state index contributed by atoms with van der Waals surface area (Å²) in [6, 6.07) is 0. The highest BCUT2D eigenvalue weighted by atomic mass is 28.4. The number of carbonyl (C=O) groups excluding carboxylic acids is 1. The van der Waals surface area contributed by atoms with E-state index in [4.69, 9.17) is 24.9 Å². The van der Waals surface area contributed by atoms with Crippen LogP contribution in [-0.2, 0) is 23.1 Å². The van der Waals surface area contributed by atoms with Crippen molar-refractivity contribution in [3.8, 4) is 0 Å². The number of esters is 1. The van der Waals surface area contributed by atoms with Gasteiger partial charge in [-0.25, -0.2) is 4.79 Å². The Morgan fingerprint density at radius 2 is 1.56 bits per heavy atom. The molecular weight excluding hydrogens is 653 g/mol. The van der Waals surface area contributed by atoms with Crippen LogP contribution in [0.25, 0.3) is 0 Å². The van der Waals surface area contributed by atoms with Crippen molar-refractivity contribution in [3.63, 3.8) is 0 Å². The zero-order chi connectivity index (χ0) is 38.4. The number of hydrogen-bond acceptors (Lipinski definition) is 5. The molecule has 0 aromatic heterocycles. The Kier molecular flexibility index (Phi) is 12.8. The topological polar surface area (TPSA) is 54.0 Å². The molecule has 3 aliphatic carbocycles. The minimum Gasteiger partial charge on any atom is -0.458 e. The highest BCUT2D eigenvalue weighted by Gasteiger charge is 2.52. The summed E-state index contributed by atoms with van der Waals surface area (Å²) in [6.45, 7) is 42.5. The maximum atomic E-state index is 13.5. The van der Waals surface area contributed by atoms with Crippen molar-refractivity contribution in [3.05, 3.63) is 47.1 Å². The Labute approximate surface area is 310 Å². The van der Waals surface area contributed by atoms with E-state index in [1.54, 1.807) is 5.57 Å². The third kappa shape index (κ3) is 10.2. The summed E-state index contributed by atoms with van der Waals surface area (Å²) in [5.74, 6) is -0.867. The van der Waals surface area contributed by atoms with E-state index in [0.29, 0.717) is 18.8 Å². The lowest BCUT2D eigenvalue weighted by molar-refractivity contribution is -0.219. The van der Waals surface area contributed by atoms with Gasteiger partial charge in [0.05, 0.1) is 6.10 Å². The Bertz CT molecular complexity index is 1350. The lowest BCUT2D eigenvalue weighted by atomic mass is 9.64. The number of allylic oxidation sites excluding steroid dienone is 5. The van der Waals surface area contributed by atoms with Gasteiger partial charge < -0.3 is 18.3 Å². The van der Waals surface area contributed by atoms with Crippen molar-refractivity contribution in [2.45, 2.75) is 195 Å². The van der Waals surface area contributed by atoms with Crippen LogP contribution < -0.4 is 0 Å². The first-order valence-corrected chi connectivity index (χ1v) is 25.3. The number of ether oxygens (including phenoxy) is 2. The van der Waals surface area contributed by atoms with E-state index < -0.39 is 28.0 Å².